The highest BCUT2D eigenvalue weighted by molar-refractivity contribution is 6.66. The number of anilines is 2. The zero-order chi connectivity index (χ0) is 53.8. The molecule has 24 heteroatoms. The van der Waals surface area contributed by atoms with Crippen molar-refractivity contribution in [2.75, 3.05) is 49.3 Å². The number of alkyl halides is 6. The zero-order valence-electron chi connectivity index (χ0n) is 40.6. The van der Waals surface area contributed by atoms with Crippen LogP contribution in [0.3, 0.4) is 0 Å². The van der Waals surface area contributed by atoms with Crippen LogP contribution in [0.15, 0.2) is 72.8 Å². The van der Waals surface area contributed by atoms with Crippen LogP contribution in [0.25, 0.3) is 0 Å². The SMILES string of the molecule is CCO[Si](C)(CCCNC(=O)c1ccc2c(c1)C(=O)N(c1cc(C(c3ccc(O)c(N4C(=O)c5ccc(C(=O)NCCC[Si](C)(OCC)OCC)cc5C4=O)c3)(C(F)(F)F)C(F)(F)F)ccc1O)C2=O)OCC. The van der Waals surface area contributed by atoms with E-state index >= 15 is 26.3 Å². The molecule has 73 heavy (non-hydrogen) atoms. The van der Waals surface area contributed by atoms with Crippen molar-refractivity contribution in [1.82, 2.24) is 10.6 Å². The number of carbonyl (C=O) groups is 6. The number of nitrogens with one attached hydrogen (secondary N) is 2. The Morgan fingerprint density at radius 2 is 0.849 bits per heavy atom. The van der Waals surface area contributed by atoms with E-state index in [2.05, 4.69) is 10.6 Å². The van der Waals surface area contributed by atoms with Gasteiger partial charge in [-0.25, -0.2) is 9.80 Å². The molecule has 392 valence electrons. The standard InChI is InChI=1S/C49H54F6N4O12Si2/c1-7-68-72(5,69-8-2)23-11-21-56-41(62)29-13-17-33-35(25-29)45(66)58(43(33)64)37-27-31(15-19-39(37)60)47(48(50,51)52,49(53,54)55)32-16-20-40(61)38(28-32)59-44(65)34-18-14-30(26-36(34)46(59)67)42(63)57-22-12-24-73(6,70-9-3)71-10-4/h13-20,25-28,60-61H,7-12,21-24H2,1-6H3,(H,56,62)(H,57,63). The number of aromatic hydroxyl groups is 2. The van der Waals surface area contributed by atoms with Gasteiger partial charge in [-0.2, -0.15) is 26.3 Å². The van der Waals surface area contributed by atoms with E-state index < -0.39 is 115 Å². The Balaban J connectivity index is 1.29. The van der Waals surface area contributed by atoms with Crippen molar-refractivity contribution >= 4 is 63.9 Å². The number of phenols is 2. The predicted molar refractivity (Wildman–Crippen MR) is 258 cm³/mol. The van der Waals surface area contributed by atoms with Crippen molar-refractivity contribution in [2.45, 2.75) is 83.5 Å². The lowest BCUT2D eigenvalue weighted by atomic mass is 9.72. The fourth-order valence-electron chi connectivity index (χ4n) is 9.08. The van der Waals surface area contributed by atoms with Gasteiger partial charge in [-0.05, 0) is 138 Å². The van der Waals surface area contributed by atoms with E-state index in [1.807, 2.05) is 40.8 Å². The van der Waals surface area contributed by atoms with E-state index in [9.17, 15) is 39.0 Å². The molecular formula is C49H54F6N4O12Si2. The molecule has 0 spiro atoms. The van der Waals surface area contributed by atoms with Gasteiger partial charge in [0.25, 0.3) is 35.4 Å². The Labute approximate surface area is 418 Å². The Morgan fingerprint density at radius 3 is 1.16 bits per heavy atom. The topological polar surface area (TPSA) is 210 Å². The summed E-state index contributed by atoms with van der Waals surface area (Å²) in [5.74, 6) is -8.57. The number of halogens is 6. The molecule has 16 nitrogen and oxygen atoms in total. The van der Waals surface area contributed by atoms with Crippen molar-refractivity contribution in [2.24, 2.45) is 0 Å². The highest BCUT2D eigenvalue weighted by atomic mass is 28.4. The number of nitrogens with zero attached hydrogens (tertiary/aromatic N) is 2. The highest BCUT2D eigenvalue weighted by Gasteiger charge is 2.73. The summed E-state index contributed by atoms with van der Waals surface area (Å²) in [7, 11) is -5.02. The molecule has 0 bridgehead atoms. The number of imide groups is 2. The van der Waals surface area contributed by atoms with Crippen LogP contribution in [-0.2, 0) is 23.1 Å². The molecule has 0 atom stereocenters. The van der Waals surface area contributed by atoms with Crippen LogP contribution >= 0.6 is 0 Å². The molecule has 4 N–H and O–H groups in total. The minimum Gasteiger partial charge on any atom is -0.506 e. The van der Waals surface area contributed by atoms with Gasteiger partial charge < -0.3 is 38.6 Å². The number of carbonyl (C=O) groups excluding carboxylic acids is 6. The molecule has 2 heterocycles. The molecule has 0 saturated carbocycles. The van der Waals surface area contributed by atoms with Crippen LogP contribution in [0.1, 0.15) is 114 Å². The van der Waals surface area contributed by atoms with E-state index in [0.717, 1.165) is 24.3 Å². The van der Waals surface area contributed by atoms with Crippen molar-refractivity contribution in [3.63, 3.8) is 0 Å². The summed E-state index contributed by atoms with van der Waals surface area (Å²) in [5, 5.41) is 27.3. The average Bonchev–Trinajstić information content (AvgIpc) is 3.72. The van der Waals surface area contributed by atoms with Crippen molar-refractivity contribution in [3.8, 4) is 11.5 Å². The number of amides is 6. The maximum atomic E-state index is 15.7. The molecule has 0 aromatic heterocycles. The zero-order valence-corrected chi connectivity index (χ0v) is 42.6. The molecule has 4 aromatic rings. The van der Waals surface area contributed by atoms with Crippen molar-refractivity contribution < 1.29 is 83.0 Å². The largest absolute Gasteiger partial charge is 0.506 e. The van der Waals surface area contributed by atoms with E-state index in [4.69, 9.17) is 17.7 Å². The van der Waals surface area contributed by atoms with E-state index in [0.29, 0.717) is 63.5 Å². The molecule has 6 rings (SSSR count). The minimum atomic E-state index is -6.35. The molecule has 0 fully saturated rings. The van der Waals surface area contributed by atoms with E-state index in [1.165, 1.54) is 12.1 Å². The van der Waals surface area contributed by atoms with Crippen LogP contribution in [0.2, 0.25) is 25.2 Å². The molecule has 0 saturated heterocycles. The summed E-state index contributed by atoms with van der Waals surface area (Å²) < 4.78 is 117. The van der Waals surface area contributed by atoms with Crippen LogP contribution in [0, 0.1) is 0 Å². The molecule has 6 amide bonds. The second kappa shape index (κ2) is 22.0. The van der Waals surface area contributed by atoms with E-state index in [1.54, 1.807) is 0 Å². The fraction of sp³-hybridized carbons (Fsp3) is 0.388. The minimum absolute atomic E-state index is 0.110. The maximum Gasteiger partial charge on any atom is 0.411 e. The number of benzene rings is 4. The molecule has 2 aliphatic heterocycles. The summed E-state index contributed by atoms with van der Waals surface area (Å²) in [6, 6.07) is 9.36. The van der Waals surface area contributed by atoms with Crippen LogP contribution < -0.4 is 20.4 Å². The van der Waals surface area contributed by atoms with Gasteiger partial charge >= 0.3 is 29.5 Å². The first-order valence-electron chi connectivity index (χ1n) is 23.3. The summed E-state index contributed by atoms with van der Waals surface area (Å²) in [5.41, 5.74) is -12.5. The Hall–Kier alpha value is -6.45. The van der Waals surface area contributed by atoms with Crippen LogP contribution in [0.4, 0.5) is 37.7 Å². The number of hydrogen-bond donors (Lipinski definition) is 4. The van der Waals surface area contributed by atoms with Gasteiger partial charge in [0, 0.05) is 50.6 Å². The van der Waals surface area contributed by atoms with Crippen molar-refractivity contribution in [3.05, 3.63) is 117 Å². The first kappa shape index (κ1) is 55.9. The number of phenolic OH excluding ortho intramolecular Hbond substituents is 2. The van der Waals surface area contributed by atoms with Crippen molar-refractivity contribution in [1.29, 1.82) is 0 Å². The van der Waals surface area contributed by atoms with Crippen LogP contribution in [0.5, 0.6) is 11.5 Å². The summed E-state index contributed by atoms with van der Waals surface area (Å²) >= 11 is 0. The highest BCUT2D eigenvalue weighted by Crippen LogP contribution is 2.58. The van der Waals surface area contributed by atoms with Gasteiger partial charge in [-0.15, -0.1) is 0 Å². The number of hydrogen-bond acceptors (Lipinski definition) is 12. The quantitative estimate of drug-likeness (QED) is 0.0252. The number of fused-ring (bicyclic) bond motifs is 2. The Morgan fingerprint density at radius 1 is 0.521 bits per heavy atom. The van der Waals surface area contributed by atoms with Gasteiger partial charge in [-0.3, -0.25) is 28.8 Å². The molecule has 0 radical (unpaired) electrons. The molecule has 4 aromatic carbocycles. The summed E-state index contributed by atoms with van der Waals surface area (Å²) in [6.07, 6.45) is -11.8. The third kappa shape index (κ3) is 10.9. The normalized spacial score (nSPS) is 14.2. The first-order valence-corrected chi connectivity index (χ1v) is 28.4. The lowest BCUT2D eigenvalue weighted by molar-refractivity contribution is -0.288. The number of rotatable bonds is 22. The lowest BCUT2D eigenvalue weighted by Crippen LogP contribution is -2.55. The molecule has 2 aliphatic rings. The van der Waals surface area contributed by atoms with Crippen LogP contribution in [-0.4, -0.2) is 115 Å². The molecule has 0 unspecified atom stereocenters. The predicted octanol–water partition coefficient (Wildman–Crippen LogP) is 8.64. The summed E-state index contributed by atoms with van der Waals surface area (Å²) in [4.78, 5) is 81.9. The average molecular weight is 1060 g/mol. The smallest absolute Gasteiger partial charge is 0.411 e. The second-order valence-corrected chi connectivity index (χ2v) is 24.0. The monoisotopic (exact) mass is 1060 g/mol. The Kier molecular flexibility index (Phi) is 16.8. The molecule has 0 aliphatic carbocycles. The summed E-state index contributed by atoms with van der Waals surface area (Å²) in [6.45, 7) is 13.1. The van der Waals surface area contributed by atoms with E-state index in [-0.39, 0.29) is 69.4 Å². The Bertz CT molecular complexity index is 2610. The molecular weight excluding hydrogens is 1010 g/mol. The fourth-order valence-corrected chi connectivity index (χ4v) is 13.9. The van der Waals surface area contributed by atoms with Gasteiger partial charge in [0.15, 0.2) is 0 Å². The maximum absolute atomic E-state index is 15.7. The third-order valence-corrected chi connectivity index (χ3v) is 18.6. The first-order chi connectivity index (χ1) is 34.3. The van der Waals surface area contributed by atoms with Gasteiger partial charge in [0.05, 0.1) is 33.6 Å². The van der Waals surface area contributed by atoms with Gasteiger partial charge in [0.2, 0.25) is 5.41 Å². The van der Waals surface area contributed by atoms with Gasteiger partial charge in [0.1, 0.15) is 11.5 Å². The van der Waals surface area contributed by atoms with Gasteiger partial charge in [-0.1, -0.05) is 12.1 Å². The lowest BCUT2D eigenvalue weighted by Gasteiger charge is -2.39. The second-order valence-electron chi connectivity index (χ2n) is 17.3. The third-order valence-electron chi connectivity index (χ3n) is 12.4.